The molecule has 2 aromatic rings. The number of halogens is 1. The quantitative estimate of drug-likeness (QED) is 0.502. The fourth-order valence-electron chi connectivity index (χ4n) is 3.55. The Morgan fingerprint density at radius 1 is 1.24 bits per heavy atom. The third kappa shape index (κ3) is 6.69. The Morgan fingerprint density at radius 2 is 2.00 bits per heavy atom. The molecular formula is C22H32ClN5S. The molecule has 0 amide bonds. The SMILES string of the molecule is CCNC(=NCc1nc(C)c(C)s1)NCC1CCN(Cc2ccccc2Cl)CC1. The standard InChI is InChI=1S/C22H32ClN5S/c1-4-24-22(26-14-21-27-16(2)17(3)29-21)25-13-18-9-11-28(12-10-18)15-19-7-5-6-8-20(19)23/h5-8,18H,4,9-15H2,1-3H3,(H2,24,25,26). The minimum atomic E-state index is 0.630. The average Bonchev–Trinajstić information content (AvgIpc) is 3.04. The minimum Gasteiger partial charge on any atom is -0.357 e. The average molecular weight is 434 g/mol. The molecule has 1 fully saturated rings. The molecule has 0 radical (unpaired) electrons. The largest absolute Gasteiger partial charge is 0.357 e. The van der Waals surface area contributed by atoms with E-state index in [-0.39, 0.29) is 0 Å². The lowest BCUT2D eigenvalue weighted by Crippen LogP contribution is -2.42. The van der Waals surface area contributed by atoms with E-state index < -0.39 is 0 Å². The molecular weight excluding hydrogens is 402 g/mol. The Hall–Kier alpha value is -1.63. The van der Waals surface area contributed by atoms with Crippen molar-refractivity contribution in [1.29, 1.82) is 0 Å². The molecule has 5 nitrogen and oxygen atoms in total. The van der Waals surface area contributed by atoms with Crippen molar-refractivity contribution in [2.75, 3.05) is 26.2 Å². The van der Waals surface area contributed by atoms with E-state index in [1.807, 2.05) is 12.1 Å². The van der Waals surface area contributed by atoms with Crippen LogP contribution in [0.4, 0.5) is 0 Å². The summed E-state index contributed by atoms with van der Waals surface area (Å²) in [5, 5.41) is 8.83. The third-order valence-corrected chi connectivity index (χ3v) is 6.83. The molecule has 2 N–H and O–H groups in total. The number of aryl methyl sites for hydroxylation is 2. The number of hydrogen-bond acceptors (Lipinski definition) is 4. The molecule has 1 aromatic carbocycles. The lowest BCUT2D eigenvalue weighted by Gasteiger charge is -2.32. The molecule has 1 aliphatic heterocycles. The zero-order valence-corrected chi connectivity index (χ0v) is 19.2. The van der Waals surface area contributed by atoms with Crippen LogP contribution in [-0.4, -0.2) is 42.0 Å². The first kappa shape index (κ1) is 22.1. The summed E-state index contributed by atoms with van der Waals surface area (Å²) in [6, 6.07) is 8.15. The van der Waals surface area contributed by atoms with E-state index in [4.69, 9.17) is 16.6 Å². The van der Waals surface area contributed by atoms with E-state index in [9.17, 15) is 0 Å². The summed E-state index contributed by atoms with van der Waals surface area (Å²) in [4.78, 5) is 13.1. The van der Waals surface area contributed by atoms with Gasteiger partial charge in [0.2, 0.25) is 0 Å². The molecule has 0 saturated carbocycles. The van der Waals surface area contributed by atoms with Crippen LogP contribution < -0.4 is 10.6 Å². The first-order valence-electron chi connectivity index (χ1n) is 10.5. The molecule has 2 heterocycles. The molecule has 29 heavy (non-hydrogen) atoms. The van der Waals surface area contributed by atoms with Crippen molar-refractivity contribution in [3.05, 3.63) is 50.4 Å². The highest BCUT2D eigenvalue weighted by atomic mass is 35.5. The predicted octanol–water partition coefficient (Wildman–Crippen LogP) is 4.38. The second-order valence-electron chi connectivity index (χ2n) is 7.64. The van der Waals surface area contributed by atoms with E-state index in [0.717, 1.165) is 54.4 Å². The first-order chi connectivity index (χ1) is 14.0. The normalized spacial score (nSPS) is 16.2. The monoisotopic (exact) mass is 433 g/mol. The number of aliphatic imine (C=N–C) groups is 1. The van der Waals surface area contributed by atoms with Crippen LogP contribution >= 0.6 is 22.9 Å². The van der Waals surface area contributed by atoms with Gasteiger partial charge < -0.3 is 10.6 Å². The molecule has 1 aliphatic rings. The first-order valence-corrected chi connectivity index (χ1v) is 11.7. The van der Waals surface area contributed by atoms with E-state index in [2.05, 4.69) is 53.4 Å². The highest BCUT2D eigenvalue weighted by Crippen LogP contribution is 2.22. The van der Waals surface area contributed by atoms with Gasteiger partial charge in [-0.15, -0.1) is 11.3 Å². The number of hydrogen-bond donors (Lipinski definition) is 2. The topological polar surface area (TPSA) is 52.6 Å². The zero-order valence-electron chi connectivity index (χ0n) is 17.7. The van der Waals surface area contributed by atoms with E-state index in [1.165, 1.54) is 23.3 Å². The number of benzene rings is 1. The lowest BCUT2D eigenvalue weighted by molar-refractivity contribution is 0.178. The maximum atomic E-state index is 6.31. The van der Waals surface area contributed by atoms with Crippen molar-refractivity contribution in [2.45, 2.75) is 46.7 Å². The van der Waals surface area contributed by atoms with Crippen LogP contribution in [0.1, 0.15) is 40.9 Å². The molecule has 0 atom stereocenters. The highest BCUT2D eigenvalue weighted by Gasteiger charge is 2.20. The molecule has 7 heteroatoms. The maximum Gasteiger partial charge on any atom is 0.191 e. The van der Waals surface area contributed by atoms with Crippen molar-refractivity contribution < 1.29 is 0 Å². The summed E-state index contributed by atoms with van der Waals surface area (Å²) in [5.41, 5.74) is 2.33. The van der Waals surface area contributed by atoms with E-state index in [1.54, 1.807) is 11.3 Å². The lowest BCUT2D eigenvalue weighted by atomic mass is 9.96. The number of guanidine groups is 1. The van der Waals surface area contributed by atoms with Crippen LogP contribution in [0.5, 0.6) is 0 Å². The highest BCUT2D eigenvalue weighted by molar-refractivity contribution is 7.11. The van der Waals surface area contributed by atoms with Gasteiger partial charge in [-0.1, -0.05) is 29.8 Å². The van der Waals surface area contributed by atoms with Crippen LogP contribution in [0.15, 0.2) is 29.3 Å². The van der Waals surface area contributed by atoms with Crippen molar-refractivity contribution in [3.63, 3.8) is 0 Å². The summed E-state index contributed by atoms with van der Waals surface area (Å²) < 4.78 is 0. The molecule has 0 unspecified atom stereocenters. The van der Waals surface area contributed by atoms with E-state index >= 15 is 0 Å². The van der Waals surface area contributed by atoms with Gasteiger partial charge in [0.15, 0.2) is 5.96 Å². The molecule has 158 valence electrons. The maximum absolute atomic E-state index is 6.31. The number of likely N-dealkylation sites (tertiary alicyclic amines) is 1. The van der Waals surface area contributed by atoms with Gasteiger partial charge in [-0.2, -0.15) is 0 Å². The van der Waals surface area contributed by atoms with Crippen LogP contribution in [-0.2, 0) is 13.1 Å². The van der Waals surface area contributed by atoms with Gasteiger partial charge in [0.05, 0.1) is 12.2 Å². The van der Waals surface area contributed by atoms with Gasteiger partial charge in [0.1, 0.15) is 5.01 Å². The number of aromatic nitrogens is 1. The van der Waals surface area contributed by atoms with Crippen LogP contribution in [0.2, 0.25) is 5.02 Å². The number of thiazole rings is 1. The molecule has 0 spiro atoms. The Balaban J connectivity index is 1.44. The van der Waals surface area contributed by atoms with Crippen molar-refractivity contribution >= 4 is 28.9 Å². The van der Waals surface area contributed by atoms with Crippen LogP contribution in [0.25, 0.3) is 0 Å². The summed E-state index contributed by atoms with van der Waals surface area (Å²) >= 11 is 8.04. The molecule has 3 rings (SSSR count). The number of nitrogens with zero attached hydrogens (tertiary/aromatic N) is 3. The number of piperidine rings is 1. The van der Waals surface area contributed by atoms with Crippen molar-refractivity contribution in [2.24, 2.45) is 10.9 Å². The second-order valence-corrected chi connectivity index (χ2v) is 9.33. The predicted molar refractivity (Wildman–Crippen MR) is 124 cm³/mol. The van der Waals surface area contributed by atoms with Gasteiger partial charge in [-0.25, -0.2) is 9.98 Å². The van der Waals surface area contributed by atoms with E-state index in [0.29, 0.717) is 12.5 Å². The zero-order chi connectivity index (χ0) is 20.6. The second kappa shape index (κ2) is 11.0. The Bertz CT molecular complexity index is 792. The number of rotatable bonds is 7. The van der Waals surface area contributed by atoms with Crippen molar-refractivity contribution in [1.82, 2.24) is 20.5 Å². The van der Waals surface area contributed by atoms with Gasteiger partial charge >= 0.3 is 0 Å². The van der Waals surface area contributed by atoms with Gasteiger partial charge in [0.25, 0.3) is 0 Å². The van der Waals surface area contributed by atoms with Crippen LogP contribution in [0, 0.1) is 19.8 Å². The van der Waals surface area contributed by atoms with Gasteiger partial charge in [-0.05, 0) is 64.3 Å². The summed E-state index contributed by atoms with van der Waals surface area (Å²) in [7, 11) is 0. The molecule has 0 aliphatic carbocycles. The minimum absolute atomic E-state index is 0.630. The van der Waals surface area contributed by atoms with Gasteiger partial charge in [-0.3, -0.25) is 4.90 Å². The Morgan fingerprint density at radius 3 is 2.66 bits per heavy atom. The summed E-state index contributed by atoms with van der Waals surface area (Å²) in [5.74, 6) is 1.56. The Labute approximate surface area is 183 Å². The summed E-state index contributed by atoms with van der Waals surface area (Å²) in [6.07, 6.45) is 2.39. The van der Waals surface area contributed by atoms with Gasteiger partial charge in [0, 0.05) is 29.5 Å². The molecule has 1 saturated heterocycles. The third-order valence-electron chi connectivity index (χ3n) is 5.41. The van der Waals surface area contributed by atoms with Crippen LogP contribution in [0.3, 0.4) is 0 Å². The fraction of sp³-hybridized carbons (Fsp3) is 0.545. The number of nitrogens with one attached hydrogen (secondary N) is 2. The fourth-order valence-corrected chi connectivity index (χ4v) is 4.61. The molecule has 1 aromatic heterocycles. The molecule has 0 bridgehead atoms. The van der Waals surface area contributed by atoms with Crippen molar-refractivity contribution in [3.8, 4) is 0 Å². The Kier molecular flexibility index (Phi) is 8.33. The summed E-state index contributed by atoms with van der Waals surface area (Å²) in [6.45, 7) is 11.9. The smallest absolute Gasteiger partial charge is 0.191 e.